The summed E-state index contributed by atoms with van der Waals surface area (Å²) in [5, 5.41) is 15.7. The van der Waals surface area contributed by atoms with Crippen molar-refractivity contribution in [2.24, 2.45) is 0 Å². The Morgan fingerprint density at radius 2 is 2.00 bits per heavy atom. The average Bonchev–Trinajstić information content (AvgIpc) is 2.70. The van der Waals surface area contributed by atoms with Crippen molar-refractivity contribution < 1.29 is 5.11 Å². The van der Waals surface area contributed by atoms with E-state index in [0.29, 0.717) is 18.9 Å². The highest BCUT2D eigenvalue weighted by atomic mass is 16.3. The van der Waals surface area contributed by atoms with Gasteiger partial charge in [0, 0.05) is 42.9 Å². The number of para-hydroxylation sites is 1. The monoisotopic (exact) mass is 363 g/mol. The molecule has 6 heteroatoms. The summed E-state index contributed by atoms with van der Waals surface area (Å²) in [7, 11) is 0. The van der Waals surface area contributed by atoms with Crippen molar-refractivity contribution in [3.05, 3.63) is 59.9 Å². The minimum absolute atomic E-state index is 0.128. The molecule has 0 atom stereocenters. The van der Waals surface area contributed by atoms with Crippen LogP contribution in [0.1, 0.15) is 24.5 Å². The number of aromatic nitrogens is 3. The predicted molar refractivity (Wildman–Crippen MR) is 109 cm³/mol. The number of pyridine rings is 1. The van der Waals surface area contributed by atoms with Crippen LogP contribution in [0.5, 0.6) is 0 Å². The van der Waals surface area contributed by atoms with Gasteiger partial charge in [-0.1, -0.05) is 25.1 Å². The normalized spacial score (nSPS) is 10.6. The molecule has 0 unspecified atom stereocenters. The summed E-state index contributed by atoms with van der Waals surface area (Å²) >= 11 is 0. The van der Waals surface area contributed by atoms with Crippen molar-refractivity contribution in [2.45, 2.75) is 26.7 Å². The van der Waals surface area contributed by atoms with Crippen molar-refractivity contribution in [2.75, 3.05) is 23.8 Å². The Kier molecular flexibility index (Phi) is 6.33. The standard InChI is InChI=1S/C21H25N5O/c1-3-16-8-4-7-15(2)20(16)25-19-13-18(17-9-5-10-22-14-17)24-21(26-19)23-11-6-12-27/h4-5,7-10,13-14,27H,3,6,11-12H2,1-2H3,(H2,23,24,25,26). The zero-order valence-corrected chi connectivity index (χ0v) is 15.7. The van der Waals surface area contributed by atoms with Crippen LogP contribution in [0.4, 0.5) is 17.5 Å². The maximum Gasteiger partial charge on any atom is 0.225 e. The molecule has 0 bridgehead atoms. The number of aliphatic hydroxyl groups excluding tert-OH is 1. The first-order chi connectivity index (χ1) is 13.2. The van der Waals surface area contributed by atoms with Gasteiger partial charge in [0.25, 0.3) is 0 Å². The Morgan fingerprint density at radius 3 is 2.74 bits per heavy atom. The zero-order chi connectivity index (χ0) is 19.1. The molecule has 0 saturated heterocycles. The number of rotatable bonds is 8. The fourth-order valence-electron chi connectivity index (χ4n) is 2.86. The second kappa shape index (κ2) is 9.09. The molecule has 0 fully saturated rings. The molecule has 3 N–H and O–H groups in total. The lowest BCUT2D eigenvalue weighted by atomic mass is 10.1. The fourth-order valence-corrected chi connectivity index (χ4v) is 2.86. The van der Waals surface area contributed by atoms with Crippen LogP contribution in [0.3, 0.4) is 0 Å². The van der Waals surface area contributed by atoms with E-state index in [9.17, 15) is 0 Å². The Labute approximate surface area is 159 Å². The van der Waals surface area contributed by atoms with Gasteiger partial charge in [-0.2, -0.15) is 4.98 Å². The molecule has 2 aromatic heterocycles. The third kappa shape index (κ3) is 4.80. The van der Waals surface area contributed by atoms with E-state index in [1.54, 1.807) is 12.4 Å². The minimum Gasteiger partial charge on any atom is -0.396 e. The van der Waals surface area contributed by atoms with E-state index < -0.39 is 0 Å². The summed E-state index contributed by atoms with van der Waals surface area (Å²) in [6, 6.07) is 12.1. The number of benzene rings is 1. The van der Waals surface area contributed by atoms with E-state index in [0.717, 1.165) is 29.2 Å². The van der Waals surface area contributed by atoms with Gasteiger partial charge in [0.15, 0.2) is 0 Å². The van der Waals surface area contributed by atoms with Crippen LogP contribution in [0, 0.1) is 6.92 Å². The highest BCUT2D eigenvalue weighted by Gasteiger charge is 2.10. The number of aliphatic hydroxyl groups is 1. The van der Waals surface area contributed by atoms with E-state index in [4.69, 9.17) is 5.11 Å². The second-order valence-electron chi connectivity index (χ2n) is 6.30. The number of nitrogens with zero attached hydrogens (tertiary/aromatic N) is 3. The molecule has 3 rings (SSSR count). The topological polar surface area (TPSA) is 83.0 Å². The molecule has 0 aliphatic carbocycles. The Balaban J connectivity index is 1.97. The van der Waals surface area contributed by atoms with E-state index in [-0.39, 0.29) is 6.61 Å². The third-order valence-corrected chi connectivity index (χ3v) is 4.29. The fraction of sp³-hybridized carbons (Fsp3) is 0.286. The molecule has 0 amide bonds. The van der Waals surface area contributed by atoms with Crippen LogP contribution in [0.2, 0.25) is 0 Å². The molecule has 1 aromatic carbocycles. The van der Waals surface area contributed by atoms with Gasteiger partial charge in [-0.3, -0.25) is 4.98 Å². The number of anilines is 3. The summed E-state index contributed by atoms with van der Waals surface area (Å²) in [5.41, 5.74) is 5.21. The highest BCUT2D eigenvalue weighted by Crippen LogP contribution is 2.27. The lowest BCUT2D eigenvalue weighted by Gasteiger charge is -2.15. The van der Waals surface area contributed by atoms with Gasteiger partial charge in [0.1, 0.15) is 5.82 Å². The zero-order valence-electron chi connectivity index (χ0n) is 15.7. The molecule has 0 spiro atoms. The second-order valence-corrected chi connectivity index (χ2v) is 6.30. The van der Waals surface area contributed by atoms with Crippen molar-refractivity contribution in [1.29, 1.82) is 0 Å². The first kappa shape index (κ1) is 18.8. The molecule has 0 radical (unpaired) electrons. The van der Waals surface area contributed by atoms with Crippen molar-refractivity contribution in [3.63, 3.8) is 0 Å². The predicted octanol–water partition coefficient (Wildman–Crippen LogP) is 3.95. The summed E-state index contributed by atoms with van der Waals surface area (Å²) in [5.74, 6) is 1.25. The van der Waals surface area contributed by atoms with E-state index in [1.807, 2.05) is 18.2 Å². The maximum absolute atomic E-state index is 9.01. The van der Waals surface area contributed by atoms with Crippen molar-refractivity contribution in [1.82, 2.24) is 15.0 Å². The Hall–Kier alpha value is -2.99. The molecule has 27 heavy (non-hydrogen) atoms. The van der Waals surface area contributed by atoms with Crippen LogP contribution >= 0.6 is 0 Å². The van der Waals surface area contributed by atoms with Crippen LogP contribution in [0.15, 0.2) is 48.8 Å². The van der Waals surface area contributed by atoms with E-state index in [1.165, 1.54) is 11.1 Å². The Bertz CT molecular complexity index is 883. The summed E-state index contributed by atoms with van der Waals surface area (Å²) < 4.78 is 0. The molecule has 3 aromatic rings. The number of aryl methyl sites for hydroxylation is 2. The van der Waals surface area contributed by atoms with Gasteiger partial charge in [0.05, 0.1) is 5.69 Å². The SMILES string of the molecule is CCc1cccc(C)c1Nc1cc(-c2cccnc2)nc(NCCCO)n1. The first-order valence-corrected chi connectivity index (χ1v) is 9.21. The molecule has 0 aliphatic rings. The van der Waals surface area contributed by atoms with Crippen molar-refractivity contribution >= 4 is 17.5 Å². The molecule has 0 saturated carbocycles. The van der Waals surface area contributed by atoms with E-state index in [2.05, 4.69) is 57.6 Å². The molecular formula is C21H25N5O. The first-order valence-electron chi connectivity index (χ1n) is 9.21. The van der Waals surface area contributed by atoms with Gasteiger partial charge in [0.2, 0.25) is 5.95 Å². The smallest absolute Gasteiger partial charge is 0.225 e. The van der Waals surface area contributed by atoms with Crippen LogP contribution in [-0.4, -0.2) is 33.2 Å². The van der Waals surface area contributed by atoms with Crippen LogP contribution in [0.25, 0.3) is 11.3 Å². The average molecular weight is 363 g/mol. The Morgan fingerprint density at radius 1 is 1.11 bits per heavy atom. The molecule has 140 valence electrons. The van der Waals surface area contributed by atoms with Gasteiger partial charge in [-0.05, 0) is 43.0 Å². The summed E-state index contributed by atoms with van der Waals surface area (Å²) in [4.78, 5) is 13.4. The third-order valence-electron chi connectivity index (χ3n) is 4.29. The van der Waals surface area contributed by atoms with Gasteiger partial charge < -0.3 is 15.7 Å². The summed E-state index contributed by atoms with van der Waals surface area (Å²) in [6.45, 7) is 4.97. The summed E-state index contributed by atoms with van der Waals surface area (Å²) in [6.07, 6.45) is 5.10. The molecule has 6 nitrogen and oxygen atoms in total. The molecular weight excluding hydrogens is 338 g/mol. The van der Waals surface area contributed by atoms with Gasteiger partial charge in [-0.25, -0.2) is 4.98 Å². The molecule has 0 aliphatic heterocycles. The number of nitrogens with one attached hydrogen (secondary N) is 2. The van der Waals surface area contributed by atoms with Crippen LogP contribution < -0.4 is 10.6 Å². The number of hydrogen-bond donors (Lipinski definition) is 3. The van der Waals surface area contributed by atoms with Crippen LogP contribution in [-0.2, 0) is 6.42 Å². The van der Waals surface area contributed by atoms with Gasteiger partial charge >= 0.3 is 0 Å². The van der Waals surface area contributed by atoms with Gasteiger partial charge in [-0.15, -0.1) is 0 Å². The quantitative estimate of drug-likeness (QED) is 0.526. The maximum atomic E-state index is 9.01. The lowest BCUT2D eigenvalue weighted by Crippen LogP contribution is -2.09. The minimum atomic E-state index is 0.128. The largest absolute Gasteiger partial charge is 0.396 e. The number of hydrogen-bond acceptors (Lipinski definition) is 6. The molecule has 2 heterocycles. The highest BCUT2D eigenvalue weighted by molar-refractivity contribution is 5.70. The lowest BCUT2D eigenvalue weighted by molar-refractivity contribution is 0.292. The van der Waals surface area contributed by atoms with E-state index >= 15 is 0 Å². The van der Waals surface area contributed by atoms with Crippen molar-refractivity contribution in [3.8, 4) is 11.3 Å².